The van der Waals surface area contributed by atoms with E-state index >= 15 is 0 Å². The van der Waals surface area contributed by atoms with Crippen LogP contribution >= 0.6 is 0 Å². The third-order valence-corrected chi connectivity index (χ3v) is 5.87. The number of amides is 2. The Morgan fingerprint density at radius 2 is 1.73 bits per heavy atom. The summed E-state index contributed by atoms with van der Waals surface area (Å²) >= 11 is 0. The number of anilines is 1. The predicted molar refractivity (Wildman–Crippen MR) is 109 cm³/mol. The van der Waals surface area contributed by atoms with Gasteiger partial charge in [-0.05, 0) is 60.4 Å². The number of rotatable bonds is 3. The molecule has 0 unspecified atom stereocenters. The van der Waals surface area contributed by atoms with E-state index in [-0.39, 0.29) is 5.91 Å². The topological polar surface area (TPSA) is 93.1 Å². The number of hydrogen-bond donors (Lipinski definition) is 3. The number of nitrogens with zero attached hydrogens (tertiary/aromatic N) is 2. The van der Waals surface area contributed by atoms with Crippen LogP contribution in [-0.4, -0.2) is 59.4 Å². The lowest BCUT2D eigenvalue weighted by Gasteiger charge is -2.36. The molecule has 0 spiro atoms. The zero-order valence-corrected chi connectivity index (χ0v) is 16.4. The fourth-order valence-electron chi connectivity index (χ4n) is 4.13. The van der Waals surface area contributed by atoms with Gasteiger partial charge in [0.1, 0.15) is 5.82 Å². The van der Waals surface area contributed by atoms with Crippen molar-refractivity contribution >= 4 is 17.7 Å². The molecule has 1 aliphatic heterocycles. The number of piperazine rings is 1. The van der Waals surface area contributed by atoms with E-state index in [1.807, 2.05) is 18.2 Å². The predicted octanol–water partition coefficient (Wildman–Crippen LogP) is 2.40. The van der Waals surface area contributed by atoms with Crippen molar-refractivity contribution in [2.45, 2.75) is 25.0 Å². The molecule has 2 aromatic rings. The molecule has 2 atom stereocenters. The van der Waals surface area contributed by atoms with E-state index in [1.54, 1.807) is 0 Å². The number of carboxylic acid groups (broad SMARTS) is 1. The van der Waals surface area contributed by atoms with Crippen LogP contribution in [0.2, 0.25) is 0 Å². The van der Waals surface area contributed by atoms with Gasteiger partial charge in [0.05, 0.1) is 12.1 Å². The molecule has 0 bridgehead atoms. The second-order valence-electron chi connectivity index (χ2n) is 7.70. The van der Waals surface area contributed by atoms with E-state index in [0.29, 0.717) is 44.6 Å². The fraction of sp³-hybridized carbons (Fsp3) is 0.364. The lowest BCUT2D eigenvalue weighted by atomic mass is 9.85. The Morgan fingerprint density at radius 1 is 1.03 bits per heavy atom. The van der Waals surface area contributed by atoms with Gasteiger partial charge in [-0.1, -0.05) is 6.07 Å². The third kappa shape index (κ3) is 4.09. The molecule has 2 amide bonds. The summed E-state index contributed by atoms with van der Waals surface area (Å²) < 4.78 is 13.1. The SMILES string of the molecule is O=C(N[C@H]1c2cc(N3CCN(C(=O)O)CC3)ccc2CC[C@@H]1O)c1ccc(F)cc1. The van der Waals surface area contributed by atoms with Crippen LogP contribution in [0.15, 0.2) is 42.5 Å². The van der Waals surface area contributed by atoms with Crippen LogP contribution in [0.4, 0.5) is 14.9 Å². The molecule has 4 rings (SSSR count). The van der Waals surface area contributed by atoms with Crippen molar-refractivity contribution in [2.24, 2.45) is 0 Å². The van der Waals surface area contributed by atoms with Gasteiger partial charge >= 0.3 is 6.09 Å². The number of benzene rings is 2. The minimum absolute atomic E-state index is 0.330. The summed E-state index contributed by atoms with van der Waals surface area (Å²) in [7, 11) is 0. The molecular formula is C22H24FN3O4. The molecule has 158 valence electrons. The van der Waals surface area contributed by atoms with E-state index in [9.17, 15) is 19.1 Å². The summed E-state index contributed by atoms with van der Waals surface area (Å²) in [6, 6.07) is 10.7. The average molecular weight is 413 g/mol. The van der Waals surface area contributed by atoms with Gasteiger partial charge in [0.2, 0.25) is 0 Å². The van der Waals surface area contributed by atoms with Crippen LogP contribution in [-0.2, 0) is 6.42 Å². The molecule has 0 radical (unpaired) electrons. The highest BCUT2D eigenvalue weighted by Gasteiger charge is 2.31. The summed E-state index contributed by atoms with van der Waals surface area (Å²) in [4.78, 5) is 27.3. The van der Waals surface area contributed by atoms with Crippen LogP contribution in [0.5, 0.6) is 0 Å². The van der Waals surface area contributed by atoms with E-state index in [0.717, 1.165) is 16.8 Å². The largest absolute Gasteiger partial charge is 0.465 e. The summed E-state index contributed by atoms with van der Waals surface area (Å²) in [5.74, 6) is -0.783. The summed E-state index contributed by atoms with van der Waals surface area (Å²) in [5.41, 5.74) is 3.20. The monoisotopic (exact) mass is 413 g/mol. The van der Waals surface area contributed by atoms with Crippen LogP contribution < -0.4 is 10.2 Å². The zero-order chi connectivity index (χ0) is 21.3. The number of aliphatic hydroxyl groups excluding tert-OH is 1. The second kappa shape index (κ2) is 8.31. The molecule has 8 heteroatoms. The average Bonchev–Trinajstić information content (AvgIpc) is 2.76. The number of hydrogen-bond acceptors (Lipinski definition) is 4. The second-order valence-corrected chi connectivity index (χ2v) is 7.70. The summed E-state index contributed by atoms with van der Waals surface area (Å²) in [6.45, 7) is 2.03. The first kappa shape index (κ1) is 20.2. The Balaban J connectivity index is 1.54. The molecule has 1 saturated heterocycles. The van der Waals surface area contributed by atoms with Gasteiger partial charge in [-0.25, -0.2) is 9.18 Å². The first-order valence-electron chi connectivity index (χ1n) is 10.0. The quantitative estimate of drug-likeness (QED) is 0.719. The normalized spacial score (nSPS) is 21.1. The first-order valence-corrected chi connectivity index (χ1v) is 10.0. The van der Waals surface area contributed by atoms with Gasteiger partial charge < -0.3 is 25.3 Å². The van der Waals surface area contributed by atoms with Crippen molar-refractivity contribution in [1.82, 2.24) is 10.2 Å². The summed E-state index contributed by atoms with van der Waals surface area (Å²) in [6.07, 6.45) is -0.377. The minimum atomic E-state index is -0.910. The molecule has 2 aliphatic rings. The van der Waals surface area contributed by atoms with Crippen LogP contribution in [0, 0.1) is 5.82 Å². The summed E-state index contributed by atoms with van der Waals surface area (Å²) in [5, 5.41) is 22.6. The van der Waals surface area contributed by atoms with Crippen LogP contribution in [0.1, 0.15) is 33.9 Å². The van der Waals surface area contributed by atoms with Crippen molar-refractivity contribution in [1.29, 1.82) is 0 Å². The molecule has 0 aromatic heterocycles. The Kier molecular flexibility index (Phi) is 5.59. The van der Waals surface area contributed by atoms with Gasteiger partial charge in [-0.3, -0.25) is 4.79 Å². The van der Waals surface area contributed by atoms with Crippen molar-refractivity contribution < 1.29 is 24.2 Å². The molecule has 1 aliphatic carbocycles. The van der Waals surface area contributed by atoms with Crippen molar-refractivity contribution in [3.05, 3.63) is 65.0 Å². The smallest absolute Gasteiger partial charge is 0.407 e. The van der Waals surface area contributed by atoms with Crippen LogP contribution in [0.25, 0.3) is 0 Å². The lowest BCUT2D eigenvalue weighted by Crippen LogP contribution is -2.48. The molecule has 1 heterocycles. The Bertz CT molecular complexity index is 942. The Hall–Kier alpha value is -3.13. The fourth-order valence-corrected chi connectivity index (χ4v) is 4.13. The van der Waals surface area contributed by atoms with Crippen molar-refractivity contribution in [3.8, 4) is 0 Å². The molecule has 2 aromatic carbocycles. The highest BCUT2D eigenvalue weighted by atomic mass is 19.1. The van der Waals surface area contributed by atoms with Gasteiger partial charge in [0, 0.05) is 37.4 Å². The van der Waals surface area contributed by atoms with E-state index in [2.05, 4.69) is 10.2 Å². The maximum absolute atomic E-state index is 13.1. The standard InChI is InChI=1S/C22H24FN3O4/c23-16-5-1-15(2-6-16)21(28)24-20-18-13-17(7-3-14(18)4-8-19(20)27)25-9-11-26(12-10-25)22(29)30/h1-3,5-7,13,19-20,27H,4,8-12H2,(H,24,28)(H,29,30)/t19-,20-/m0/s1. The van der Waals surface area contributed by atoms with Gasteiger partial charge in [0.15, 0.2) is 0 Å². The molecule has 30 heavy (non-hydrogen) atoms. The number of carbonyl (C=O) groups is 2. The Labute approximate surface area is 173 Å². The molecule has 3 N–H and O–H groups in total. The molecule has 7 nitrogen and oxygen atoms in total. The minimum Gasteiger partial charge on any atom is -0.465 e. The number of fused-ring (bicyclic) bond motifs is 1. The molecule has 1 fully saturated rings. The zero-order valence-electron chi connectivity index (χ0n) is 16.4. The molecular weight excluding hydrogens is 389 g/mol. The maximum Gasteiger partial charge on any atom is 0.407 e. The van der Waals surface area contributed by atoms with E-state index in [1.165, 1.54) is 29.2 Å². The number of carbonyl (C=O) groups excluding carboxylic acids is 1. The maximum atomic E-state index is 13.1. The number of aliphatic hydroxyl groups is 1. The molecule has 0 saturated carbocycles. The van der Waals surface area contributed by atoms with Crippen LogP contribution in [0.3, 0.4) is 0 Å². The van der Waals surface area contributed by atoms with E-state index < -0.39 is 24.1 Å². The Morgan fingerprint density at radius 3 is 2.40 bits per heavy atom. The van der Waals surface area contributed by atoms with Gasteiger partial charge in [0.25, 0.3) is 5.91 Å². The lowest BCUT2D eigenvalue weighted by molar-refractivity contribution is 0.0791. The highest BCUT2D eigenvalue weighted by molar-refractivity contribution is 5.94. The van der Waals surface area contributed by atoms with Crippen molar-refractivity contribution in [3.63, 3.8) is 0 Å². The number of halogens is 1. The van der Waals surface area contributed by atoms with E-state index in [4.69, 9.17) is 5.11 Å². The number of nitrogens with one attached hydrogen (secondary N) is 1. The van der Waals surface area contributed by atoms with Gasteiger partial charge in [-0.15, -0.1) is 0 Å². The number of aryl methyl sites for hydroxylation is 1. The van der Waals surface area contributed by atoms with Gasteiger partial charge in [-0.2, -0.15) is 0 Å². The third-order valence-electron chi connectivity index (χ3n) is 5.87. The van der Waals surface area contributed by atoms with Crippen molar-refractivity contribution in [2.75, 3.05) is 31.1 Å². The highest BCUT2D eigenvalue weighted by Crippen LogP contribution is 2.33. The first-order chi connectivity index (χ1) is 14.4.